The van der Waals surface area contributed by atoms with E-state index < -0.39 is 0 Å². The number of fused-ring (bicyclic) bond motifs is 6. The standard InChI is InChI=1S/C31H26N2O/c1-3-20(24-15-11-16-25-23-14-7-10-19-29(23)34-31(24)25)30(26(32)4-2)33-27-17-8-5-12-21(27)22-13-6-9-18-28(22)33/h3,5-19H,4,32H2,1-2H3/b20-3-,30-26-. The second-order valence-corrected chi connectivity index (χ2v) is 8.58. The minimum atomic E-state index is 0.740. The Morgan fingerprint density at radius 3 is 2.00 bits per heavy atom. The van der Waals surface area contributed by atoms with Crippen LogP contribution in [-0.2, 0) is 0 Å². The molecular formula is C31H26N2O. The van der Waals surface area contributed by atoms with Crippen LogP contribution in [0.2, 0.25) is 0 Å². The number of hydrogen-bond acceptors (Lipinski definition) is 2. The van der Waals surface area contributed by atoms with Gasteiger partial charge >= 0.3 is 0 Å². The number of allylic oxidation sites excluding steroid dienone is 4. The number of furan rings is 1. The fraction of sp³-hybridized carbons (Fsp3) is 0.0968. The molecule has 0 atom stereocenters. The maximum Gasteiger partial charge on any atom is 0.143 e. The number of nitrogens with two attached hydrogens (primary N) is 1. The van der Waals surface area contributed by atoms with Gasteiger partial charge in [-0.2, -0.15) is 0 Å². The Labute approximate surface area is 198 Å². The summed E-state index contributed by atoms with van der Waals surface area (Å²) in [5.74, 6) is 0. The maximum absolute atomic E-state index is 6.81. The molecule has 6 rings (SSSR count). The summed E-state index contributed by atoms with van der Waals surface area (Å²) in [6.07, 6.45) is 2.90. The van der Waals surface area contributed by atoms with Crippen LogP contribution in [-0.4, -0.2) is 4.57 Å². The first kappa shape index (κ1) is 20.4. The van der Waals surface area contributed by atoms with E-state index in [0.717, 1.165) is 61.9 Å². The van der Waals surface area contributed by atoms with E-state index in [2.05, 4.69) is 103 Å². The third-order valence-corrected chi connectivity index (χ3v) is 6.73. The van der Waals surface area contributed by atoms with Crippen LogP contribution in [0.1, 0.15) is 25.8 Å². The van der Waals surface area contributed by atoms with Gasteiger partial charge in [-0.15, -0.1) is 0 Å². The van der Waals surface area contributed by atoms with Crippen molar-refractivity contribution >= 4 is 55.0 Å². The van der Waals surface area contributed by atoms with Gasteiger partial charge in [-0.05, 0) is 31.5 Å². The summed E-state index contributed by atoms with van der Waals surface area (Å²) < 4.78 is 8.73. The van der Waals surface area contributed by atoms with Gasteiger partial charge in [0.2, 0.25) is 0 Å². The van der Waals surface area contributed by atoms with Gasteiger partial charge in [0.15, 0.2) is 0 Å². The second-order valence-electron chi connectivity index (χ2n) is 8.58. The molecule has 0 fully saturated rings. The van der Waals surface area contributed by atoms with E-state index in [1.54, 1.807) is 0 Å². The molecule has 166 valence electrons. The van der Waals surface area contributed by atoms with Crippen molar-refractivity contribution in [2.75, 3.05) is 0 Å². The van der Waals surface area contributed by atoms with Gasteiger partial charge in [0.25, 0.3) is 0 Å². The highest BCUT2D eigenvalue weighted by Crippen LogP contribution is 2.41. The van der Waals surface area contributed by atoms with Gasteiger partial charge in [-0.25, -0.2) is 0 Å². The molecule has 34 heavy (non-hydrogen) atoms. The average Bonchev–Trinajstić information content (AvgIpc) is 3.43. The summed E-state index contributed by atoms with van der Waals surface area (Å²) in [7, 11) is 0. The molecule has 4 aromatic carbocycles. The van der Waals surface area contributed by atoms with Gasteiger partial charge in [-0.3, -0.25) is 0 Å². The van der Waals surface area contributed by atoms with Crippen molar-refractivity contribution in [3.63, 3.8) is 0 Å². The number of aromatic nitrogens is 1. The molecule has 2 heterocycles. The molecule has 0 bridgehead atoms. The van der Waals surface area contributed by atoms with Crippen LogP contribution in [0.15, 0.2) is 107 Å². The van der Waals surface area contributed by atoms with Crippen LogP contribution in [0.25, 0.3) is 55.0 Å². The first-order valence-corrected chi connectivity index (χ1v) is 11.8. The number of nitrogens with zero attached hydrogens (tertiary/aromatic N) is 1. The van der Waals surface area contributed by atoms with Crippen molar-refractivity contribution in [1.29, 1.82) is 0 Å². The molecule has 0 unspecified atom stereocenters. The van der Waals surface area contributed by atoms with E-state index in [4.69, 9.17) is 10.2 Å². The number of rotatable bonds is 4. The van der Waals surface area contributed by atoms with Crippen LogP contribution in [0, 0.1) is 0 Å². The van der Waals surface area contributed by atoms with Crippen molar-refractivity contribution in [3.05, 3.63) is 108 Å². The summed E-state index contributed by atoms with van der Waals surface area (Å²) >= 11 is 0. The summed E-state index contributed by atoms with van der Waals surface area (Å²) in [5.41, 5.74) is 14.8. The lowest BCUT2D eigenvalue weighted by atomic mass is 9.97. The van der Waals surface area contributed by atoms with E-state index in [-0.39, 0.29) is 0 Å². The molecule has 0 saturated carbocycles. The van der Waals surface area contributed by atoms with E-state index in [9.17, 15) is 0 Å². The zero-order valence-corrected chi connectivity index (χ0v) is 19.4. The predicted octanol–water partition coefficient (Wildman–Crippen LogP) is 8.33. The average molecular weight is 443 g/mol. The molecule has 0 saturated heterocycles. The normalized spacial score (nSPS) is 13.3. The Morgan fingerprint density at radius 1 is 0.765 bits per heavy atom. The van der Waals surface area contributed by atoms with Crippen LogP contribution >= 0.6 is 0 Å². The molecule has 3 heteroatoms. The lowest BCUT2D eigenvalue weighted by Crippen LogP contribution is -2.09. The molecule has 2 N–H and O–H groups in total. The maximum atomic E-state index is 6.81. The SMILES string of the molecule is C/C=C(\C(=C(\N)CC)n1c2ccccc2c2ccccc21)c1cccc2c1oc1ccccc12. The van der Waals surface area contributed by atoms with E-state index in [1.165, 1.54) is 10.8 Å². The van der Waals surface area contributed by atoms with Crippen LogP contribution < -0.4 is 5.73 Å². The lowest BCUT2D eigenvalue weighted by Gasteiger charge is -2.19. The zero-order chi connectivity index (χ0) is 23.2. The van der Waals surface area contributed by atoms with Gasteiger partial charge in [0, 0.05) is 38.4 Å². The molecular weight excluding hydrogens is 416 g/mol. The number of benzene rings is 4. The molecule has 0 aliphatic heterocycles. The molecule has 0 aliphatic carbocycles. The van der Waals surface area contributed by atoms with E-state index >= 15 is 0 Å². The van der Waals surface area contributed by atoms with E-state index in [0.29, 0.717) is 0 Å². The largest absolute Gasteiger partial charge is 0.455 e. The van der Waals surface area contributed by atoms with Gasteiger partial charge < -0.3 is 14.7 Å². The van der Waals surface area contributed by atoms with Crippen molar-refractivity contribution in [3.8, 4) is 0 Å². The van der Waals surface area contributed by atoms with Crippen LogP contribution in [0.5, 0.6) is 0 Å². The molecule has 0 aliphatic rings. The second kappa shape index (κ2) is 7.96. The first-order valence-electron chi connectivity index (χ1n) is 11.8. The predicted molar refractivity (Wildman–Crippen MR) is 145 cm³/mol. The zero-order valence-electron chi connectivity index (χ0n) is 19.4. The summed E-state index contributed by atoms with van der Waals surface area (Å²) in [6.45, 7) is 4.19. The van der Waals surface area contributed by atoms with Crippen LogP contribution in [0.4, 0.5) is 0 Å². The molecule has 0 amide bonds. The van der Waals surface area contributed by atoms with Gasteiger partial charge in [-0.1, -0.05) is 85.8 Å². The number of hydrogen-bond donors (Lipinski definition) is 1. The monoisotopic (exact) mass is 442 g/mol. The Bertz CT molecular complexity index is 1710. The molecule has 2 aromatic heterocycles. The topological polar surface area (TPSA) is 44.1 Å². The molecule has 0 radical (unpaired) electrons. The summed E-state index contributed by atoms with van der Waals surface area (Å²) in [4.78, 5) is 0. The first-order chi connectivity index (χ1) is 16.7. The summed E-state index contributed by atoms with van der Waals surface area (Å²) in [5, 5.41) is 4.68. The Morgan fingerprint density at radius 2 is 1.35 bits per heavy atom. The van der Waals surface area contributed by atoms with E-state index in [1.807, 2.05) is 12.1 Å². The minimum Gasteiger partial charge on any atom is -0.455 e. The molecule has 3 nitrogen and oxygen atoms in total. The Hall–Kier alpha value is -4.24. The van der Waals surface area contributed by atoms with Crippen molar-refractivity contribution < 1.29 is 4.42 Å². The highest BCUT2D eigenvalue weighted by molar-refractivity contribution is 6.17. The molecule has 0 spiro atoms. The number of para-hydroxylation sites is 4. The quantitative estimate of drug-likeness (QED) is 0.279. The fourth-order valence-electron chi connectivity index (χ4n) is 5.15. The smallest absolute Gasteiger partial charge is 0.143 e. The van der Waals surface area contributed by atoms with Crippen molar-refractivity contribution in [1.82, 2.24) is 4.57 Å². The summed E-state index contributed by atoms with van der Waals surface area (Å²) in [6, 6.07) is 31.7. The Balaban J connectivity index is 1.71. The third-order valence-electron chi connectivity index (χ3n) is 6.73. The highest BCUT2D eigenvalue weighted by Gasteiger charge is 2.22. The Kier molecular flexibility index (Phi) is 4.77. The van der Waals surface area contributed by atoms with Crippen molar-refractivity contribution in [2.24, 2.45) is 5.73 Å². The lowest BCUT2D eigenvalue weighted by molar-refractivity contribution is 0.668. The van der Waals surface area contributed by atoms with Crippen molar-refractivity contribution in [2.45, 2.75) is 20.3 Å². The fourth-order valence-corrected chi connectivity index (χ4v) is 5.15. The van der Waals surface area contributed by atoms with Gasteiger partial charge in [0.05, 0.1) is 16.7 Å². The van der Waals surface area contributed by atoms with Crippen LogP contribution in [0.3, 0.4) is 0 Å². The highest BCUT2D eigenvalue weighted by atomic mass is 16.3. The minimum absolute atomic E-state index is 0.740. The molecule has 6 aromatic rings. The van der Waals surface area contributed by atoms with Gasteiger partial charge in [0.1, 0.15) is 11.2 Å². The third kappa shape index (κ3) is 2.90.